The van der Waals surface area contributed by atoms with Crippen LogP contribution >= 0.6 is 31.9 Å². The van der Waals surface area contributed by atoms with Crippen LogP contribution < -0.4 is 5.32 Å². The van der Waals surface area contributed by atoms with E-state index in [0.29, 0.717) is 0 Å². The summed E-state index contributed by atoms with van der Waals surface area (Å²) >= 11 is 7.04. The smallest absolute Gasteiger partial charge is 0.0320 e. The van der Waals surface area contributed by atoms with Gasteiger partial charge in [0, 0.05) is 15.5 Å². The molecule has 0 saturated heterocycles. The van der Waals surface area contributed by atoms with Crippen molar-refractivity contribution in [1.29, 1.82) is 0 Å². The predicted molar refractivity (Wildman–Crippen MR) is 84.7 cm³/mol. The molecule has 1 nitrogen and oxygen atoms in total. The van der Waals surface area contributed by atoms with Crippen LogP contribution in [0.25, 0.3) is 0 Å². The molecule has 2 rings (SSSR count). The molecular weight excluding hydrogens is 354 g/mol. The standard InChI is InChI=1S/C15H21Br2N/c1-11-2-4-12(5-3-11)9-18-10-13-6-7-14(16)15(17)8-13/h6-8,11-12,18H,2-5,9-10H2,1H3. The Morgan fingerprint density at radius 3 is 2.50 bits per heavy atom. The second-order valence-electron chi connectivity index (χ2n) is 5.51. The van der Waals surface area contributed by atoms with Gasteiger partial charge in [0.25, 0.3) is 0 Å². The molecule has 1 N–H and O–H groups in total. The Morgan fingerprint density at radius 1 is 1.11 bits per heavy atom. The van der Waals surface area contributed by atoms with Crippen molar-refractivity contribution in [3.63, 3.8) is 0 Å². The molecule has 1 fully saturated rings. The molecule has 1 aromatic carbocycles. The highest BCUT2D eigenvalue weighted by Gasteiger charge is 2.17. The van der Waals surface area contributed by atoms with Crippen LogP contribution in [0.2, 0.25) is 0 Å². The number of hydrogen-bond acceptors (Lipinski definition) is 1. The molecule has 0 bridgehead atoms. The van der Waals surface area contributed by atoms with Crippen LogP contribution in [0, 0.1) is 11.8 Å². The summed E-state index contributed by atoms with van der Waals surface area (Å²) in [4.78, 5) is 0. The van der Waals surface area contributed by atoms with Crippen molar-refractivity contribution in [2.24, 2.45) is 11.8 Å². The van der Waals surface area contributed by atoms with Gasteiger partial charge >= 0.3 is 0 Å². The monoisotopic (exact) mass is 373 g/mol. The van der Waals surface area contributed by atoms with E-state index >= 15 is 0 Å². The summed E-state index contributed by atoms with van der Waals surface area (Å²) in [5.41, 5.74) is 1.34. The SMILES string of the molecule is CC1CCC(CNCc2ccc(Br)c(Br)c2)CC1. The maximum absolute atomic E-state index is 3.60. The van der Waals surface area contributed by atoms with Gasteiger partial charge in [-0.25, -0.2) is 0 Å². The lowest BCUT2D eigenvalue weighted by atomic mass is 9.83. The highest BCUT2D eigenvalue weighted by atomic mass is 79.9. The minimum Gasteiger partial charge on any atom is -0.312 e. The number of halogens is 2. The Bertz CT molecular complexity index is 384. The van der Waals surface area contributed by atoms with Crippen LogP contribution in [-0.2, 0) is 6.54 Å². The highest BCUT2D eigenvalue weighted by molar-refractivity contribution is 9.13. The molecule has 1 aliphatic carbocycles. The van der Waals surface area contributed by atoms with Gasteiger partial charge in [-0.05, 0) is 80.8 Å². The van der Waals surface area contributed by atoms with E-state index in [2.05, 4.69) is 62.3 Å². The van der Waals surface area contributed by atoms with Crippen LogP contribution in [0.4, 0.5) is 0 Å². The maximum atomic E-state index is 3.60. The van der Waals surface area contributed by atoms with Gasteiger partial charge in [0.1, 0.15) is 0 Å². The normalized spacial score (nSPS) is 24.2. The molecule has 1 saturated carbocycles. The average molecular weight is 375 g/mol. The zero-order chi connectivity index (χ0) is 13.0. The molecule has 0 unspecified atom stereocenters. The lowest BCUT2D eigenvalue weighted by Crippen LogP contribution is -2.25. The van der Waals surface area contributed by atoms with Gasteiger partial charge < -0.3 is 5.32 Å². The molecular formula is C15H21Br2N. The molecule has 100 valence electrons. The van der Waals surface area contributed by atoms with Crippen LogP contribution in [0.1, 0.15) is 38.2 Å². The zero-order valence-electron chi connectivity index (χ0n) is 10.9. The second-order valence-corrected chi connectivity index (χ2v) is 7.21. The van der Waals surface area contributed by atoms with Crippen molar-refractivity contribution >= 4 is 31.9 Å². The van der Waals surface area contributed by atoms with Gasteiger partial charge in [-0.15, -0.1) is 0 Å². The van der Waals surface area contributed by atoms with E-state index in [9.17, 15) is 0 Å². The molecule has 0 aromatic heterocycles. The lowest BCUT2D eigenvalue weighted by molar-refractivity contribution is 0.281. The van der Waals surface area contributed by atoms with Gasteiger partial charge in [0.2, 0.25) is 0 Å². The third kappa shape index (κ3) is 4.36. The fraction of sp³-hybridized carbons (Fsp3) is 0.600. The van der Waals surface area contributed by atoms with Crippen molar-refractivity contribution in [2.75, 3.05) is 6.54 Å². The van der Waals surface area contributed by atoms with E-state index in [1.807, 2.05) is 0 Å². The first-order chi connectivity index (χ1) is 8.65. The summed E-state index contributed by atoms with van der Waals surface area (Å²) in [6.45, 7) is 4.52. The number of hydrogen-bond donors (Lipinski definition) is 1. The van der Waals surface area contributed by atoms with E-state index in [1.54, 1.807) is 0 Å². The summed E-state index contributed by atoms with van der Waals surface area (Å²) < 4.78 is 2.25. The van der Waals surface area contributed by atoms with Gasteiger partial charge in [0.15, 0.2) is 0 Å². The topological polar surface area (TPSA) is 12.0 Å². The van der Waals surface area contributed by atoms with Crippen molar-refractivity contribution in [1.82, 2.24) is 5.32 Å². The number of benzene rings is 1. The summed E-state index contributed by atoms with van der Waals surface area (Å²) in [5.74, 6) is 1.84. The Labute approximate surface area is 127 Å². The van der Waals surface area contributed by atoms with Crippen molar-refractivity contribution in [3.05, 3.63) is 32.7 Å². The van der Waals surface area contributed by atoms with E-state index in [4.69, 9.17) is 0 Å². The minimum atomic E-state index is 0.889. The quantitative estimate of drug-likeness (QED) is 0.770. The molecule has 1 aromatic rings. The molecule has 0 radical (unpaired) electrons. The molecule has 3 heteroatoms. The third-order valence-electron chi connectivity index (χ3n) is 3.88. The van der Waals surface area contributed by atoms with Gasteiger partial charge in [-0.1, -0.05) is 25.8 Å². The van der Waals surface area contributed by atoms with Crippen molar-refractivity contribution < 1.29 is 0 Å². The summed E-state index contributed by atoms with van der Waals surface area (Å²) in [7, 11) is 0. The van der Waals surface area contributed by atoms with E-state index in [-0.39, 0.29) is 0 Å². The minimum absolute atomic E-state index is 0.889. The number of nitrogens with one attached hydrogen (secondary N) is 1. The van der Waals surface area contributed by atoms with Gasteiger partial charge in [0.05, 0.1) is 0 Å². The highest BCUT2D eigenvalue weighted by Crippen LogP contribution is 2.28. The Morgan fingerprint density at radius 2 is 1.83 bits per heavy atom. The lowest BCUT2D eigenvalue weighted by Gasteiger charge is -2.26. The second kappa shape index (κ2) is 7.06. The molecule has 0 amide bonds. The largest absolute Gasteiger partial charge is 0.312 e. The molecule has 0 heterocycles. The fourth-order valence-electron chi connectivity index (χ4n) is 2.60. The molecule has 0 spiro atoms. The first-order valence-electron chi connectivity index (χ1n) is 6.80. The summed E-state index contributed by atoms with van der Waals surface area (Å²) in [5, 5.41) is 3.60. The molecule has 0 aliphatic heterocycles. The first-order valence-corrected chi connectivity index (χ1v) is 8.38. The molecule has 1 aliphatic rings. The molecule has 0 atom stereocenters. The predicted octanol–water partition coefficient (Wildman–Crippen LogP) is 5.13. The van der Waals surface area contributed by atoms with Crippen LogP contribution in [-0.4, -0.2) is 6.54 Å². The average Bonchev–Trinajstić information content (AvgIpc) is 2.36. The van der Waals surface area contributed by atoms with Crippen molar-refractivity contribution in [3.8, 4) is 0 Å². The van der Waals surface area contributed by atoms with Gasteiger partial charge in [-0.3, -0.25) is 0 Å². The van der Waals surface area contributed by atoms with E-state index < -0.39 is 0 Å². The summed E-state index contributed by atoms with van der Waals surface area (Å²) in [6.07, 6.45) is 5.63. The maximum Gasteiger partial charge on any atom is 0.0320 e. The van der Waals surface area contributed by atoms with E-state index in [1.165, 1.54) is 37.8 Å². The zero-order valence-corrected chi connectivity index (χ0v) is 14.1. The summed E-state index contributed by atoms with van der Waals surface area (Å²) in [6, 6.07) is 6.45. The third-order valence-corrected chi connectivity index (χ3v) is 5.76. The van der Waals surface area contributed by atoms with Crippen molar-refractivity contribution in [2.45, 2.75) is 39.2 Å². The Kier molecular flexibility index (Phi) is 5.71. The van der Waals surface area contributed by atoms with Gasteiger partial charge in [-0.2, -0.15) is 0 Å². The Hall–Kier alpha value is 0.140. The van der Waals surface area contributed by atoms with E-state index in [0.717, 1.165) is 27.3 Å². The number of rotatable bonds is 4. The first kappa shape index (κ1) is 14.5. The Balaban J connectivity index is 1.73. The van der Waals surface area contributed by atoms with Crippen LogP contribution in [0.3, 0.4) is 0 Å². The van der Waals surface area contributed by atoms with Crippen LogP contribution in [0.15, 0.2) is 27.1 Å². The fourth-order valence-corrected chi connectivity index (χ4v) is 3.28. The van der Waals surface area contributed by atoms with Crippen LogP contribution in [0.5, 0.6) is 0 Å². The molecule has 18 heavy (non-hydrogen) atoms.